The topological polar surface area (TPSA) is 64.7 Å². The third-order valence-corrected chi connectivity index (χ3v) is 5.47. The zero-order chi connectivity index (χ0) is 20.4. The van der Waals surface area contributed by atoms with Crippen LogP contribution in [-0.2, 0) is 16.1 Å². The van der Waals surface area contributed by atoms with Crippen molar-refractivity contribution in [1.82, 2.24) is 9.47 Å². The molecule has 1 aliphatic rings. The predicted octanol–water partition coefficient (Wildman–Crippen LogP) is 4.01. The van der Waals surface area contributed by atoms with E-state index in [1.807, 2.05) is 28.8 Å². The summed E-state index contributed by atoms with van der Waals surface area (Å²) in [5, 5.41) is 0.903. The second-order valence-electron chi connectivity index (χ2n) is 7.63. The number of likely N-dealkylation sites (tertiary alicyclic amines) is 1. The van der Waals surface area contributed by atoms with E-state index in [9.17, 15) is 9.59 Å². The monoisotopic (exact) mass is 394 g/mol. The number of carbonyl (C=O) groups excluding carboxylic acids is 2. The molecule has 0 bridgehead atoms. The Balaban J connectivity index is 1.62. The summed E-state index contributed by atoms with van der Waals surface area (Å²) < 4.78 is 12.8. The molecule has 1 amide bonds. The highest BCUT2D eigenvalue weighted by atomic mass is 16.5. The number of carbonyl (C=O) groups is 2. The molecule has 1 atom stereocenters. The van der Waals surface area contributed by atoms with Gasteiger partial charge in [-0.05, 0) is 44.4 Å². The summed E-state index contributed by atoms with van der Waals surface area (Å²) in [6, 6.07) is 12.0. The Bertz CT molecular complexity index is 1030. The largest absolute Gasteiger partial charge is 0.466 e. The summed E-state index contributed by atoms with van der Waals surface area (Å²) in [6.07, 6.45) is 3.20. The number of nitrogens with zero attached hydrogens (tertiary/aromatic N) is 2. The predicted molar refractivity (Wildman–Crippen MR) is 110 cm³/mol. The van der Waals surface area contributed by atoms with Gasteiger partial charge in [0, 0.05) is 18.5 Å². The molecule has 1 fully saturated rings. The van der Waals surface area contributed by atoms with Crippen molar-refractivity contribution in [1.29, 1.82) is 0 Å². The zero-order valence-corrected chi connectivity index (χ0v) is 16.9. The quantitative estimate of drug-likeness (QED) is 0.614. The second kappa shape index (κ2) is 8.15. The highest BCUT2D eigenvalue weighted by molar-refractivity contribution is 5.98. The number of furan rings is 1. The molecule has 3 aromatic rings. The van der Waals surface area contributed by atoms with Gasteiger partial charge in [-0.3, -0.25) is 9.59 Å². The van der Waals surface area contributed by atoms with Crippen LogP contribution >= 0.6 is 0 Å². The molecule has 1 unspecified atom stereocenters. The van der Waals surface area contributed by atoms with Crippen LogP contribution in [0, 0.1) is 12.8 Å². The molecule has 4 rings (SSSR count). The molecule has 1 aliphatic heterocycles. The molecule has 1 saturated heterocycles. The highest BCUT2D eigenvalue weighted by Crippen LogP contribution is 2.26. The van der Waals surface area contributed by atoms with E-state index in [0.717, 1.165) is 23.8 Å². The number of amides is 1. The molecule has 0 N–H and O–H groups in total. The van der Waals surface area contributed by atoms with Gasteiger partial charge in [0.1, 0.15) is 5.69 Å². The van der Waals surface area contributed by atoms with Crippen LogP contribution in [-0.4, -0.2) is 41.0 Å². The minimum absolute atomic E-state index is 0.0712. The number of rotatable bonds is 5. The van der Waals surface area contributed by atoms with Gasteiger partial charge in [0.05, 0.1) is 25.3 Å². The van der Waals surface area contributed by atoms with Crippen LogP contribution < -0.4 is 0 Å². The number of ether oxygens (including phenoxy) is 1. The summed E-state index contributed by atoms with van der Waals surface area (Å²) in [7, 11) is 0. The van der Waals surface area contributed by atoms with Crippen molar-refractivity contribution in [2.45, 2.75) is 33.2 Å². The Labute approximate surface area is 170 Å². The van der Waals surface area contributed by atoms with Gasteiger partial charge in [-0.15, -0.1) is 0 Å². The molecule has 0 radical (unpaired) electrons. The minimum Gasteiger partial charge on any atom is -0.466 e. The van der Waals surface area contributed by atoms with Crippen molar-refractivity contribution in [3.05, 3.63) is 59.5 Å². The third-order valence-electron chi connectivity index (χ3n) is 5.47. The van der Waals surface area contributed by atoms with Gasteiger partial charge in [0.15, 0.2) is 0 Å². The van der Waals surface area contributed by atoms with E-state index in [2.05, 4.69) is 19.1 Å². The summed E-state index contributed by atoms with van der Waals surface area (Å²) in [4.78, 5) is 27.3. The van der Waals surface area contributed by atoms with Crippen LogP contribution in [0.25, 0.3) is 11.1 Å². The average molecular weight is 394 g/mol. The molecule has 29 heavy (non-hydrogen) atoms. The average Bonchev–Trinajstić information content (AvgIpc) is 3.30. The normalized spacial score (nSPS) is 16.9. The van der Waals surface area contributed by atoms with Crippen LogP contribution in [0.4, 0.5) is 0 Å². The Morgan fingerprint density at radius 2 is 2.10 bits per heavy atom. The molecule has 2 aromatic heterocycles. The molecule has 1 aromatic carbocycles. The van der Waals surface area contributed by atoms with Crippen LogP contribution in [0.15, 0.2) is 47.1 Å². The number of piperidine rings is 1. The van der Waals surface area contributed by atoms with Gasteiger partial charge in [0.2, 0.25) is 5.71 Å². The number of fused-ring (bicyclic) bond motifs is 1. The summed E-state index contributed by atoms with van der Waals surface area (Å²) in [5.41, 5.74) is 3.56. The number of aromatic nitrogens is 1. The van der Waals surface area contributed by atoms with E-state index in [1.54, 1.807) is 18.1 Å². The van der Waals surface area contributed by atoms with Crippen LogP contribution in [0.1, 0.15) is 41.4 Å². The molecular formula is C23H26N2O4. The maximum atomic E-state index is 13.4. The Morgan fingerprint density at radius 1 is 1.24 bits per heavy atom. The van der Waals surface area contributed by atoms with Crippen molar-refractivity contribution >= 4 is 23.0 Å². The lowest BCUT2D eigenvalue weighted by atomic mass is 9.98. The summed E-state index contributed by atoms with van der Waals surface area (Å²) in [5.74, 6) is -0.539. The molecule has 3 heterocycles. The van der Waals surface area contributed by atoms with Gasteiger partial charge < -0.3 is 18.6 Å². The smallest absolute Gasteiger partial charge is 0.310 e. The van der Waals surface area contributed by atoms with Gasteiger partial charge in [-0.1, -0.05) is 29.8 Å². The maximum absolute atomic E-state index is 13.4. The van der Waals surface area contributed by atoms with E-state index in [0.29, 0.717) is 37.6 Å². The number of benzene rings is 1. The van der Waals surface area contributed by atoms with Crippen LogP contribution in [0.5, 0.6) is 0 Å². The standard InChI is InChI=1S/C23H26N2O4/c1-3-28-23(27)19-8-5-10-24(15-19)21(26)20-13-18-9-11-29-22(18)25(20)14-17-7-4-6-16(2)12-17/h4,6-7,9,11-13,19H,3,5,8,10,14-15H2,1-2H3. The molecule has 152 valence electrons. The minimum atomic E-state index is -0.254. The second-order valence-corrected chi connectivity index (χ2v) is 7.63. The van der Waals surface area contributed by atoms with Crippen molar-refractivity contribution in [2.75, 3.05) is 19.7 Å². The zero-order valence-electron chi connectivity index (χ0n) is 16.9. The highest BCUT2D eigenvalue weighted by Gasteiger charge is 2.31. The fourth-order valence-corrected chi connectivity index (χ4v) is 4.08. The van der Waals surface area contributed by atoms with Gasteiger partial charge in [-0.2, -0.15) is 0 Å². The fraction of sp³-hybridized carbons (Fsp3) is 0.391. The maximum Gasteiger partial charge on any atom is 0.310 e. The van der Waals surface area contributed by atoms with Crippen molar-refractivity contribution < 1.29 is 18.7 Å². The van der Waals surface area contributed by atoms with Gasteiger partial charge in [0.25, 0.3) is 5.91 Å². The van der Waals surface area contributed by atoms with Crippen molar-refractivity contribution in [3.8, 4) is 0 Å². The Kier molecular flexibility index (Phi) is 5.43. The van der Waals surface area contributed by atoms with E-state index in [1.165, 1.54) is 5.56 Å². The first-order valence-corrected chi connectivity index (χ1v) is 10.1. The molecule has 0 aliphatic carbocycles. The molecule has 0 saturated carbocycles. The lowest BCUT2D eigenvalue weighted by molar-refractivity contribution is -0.149. The first-order chi connectivity index (χ1) is 14.1. The molecular weight excluding hydrogens is 368 g/mol. The van der Waals surface area contributed by atoms with E-state index < -0.39 is 0 Å². The fourth-order valence-electron chi connectivity index (χ4n) is 4.08. The lowest BCUT2D eigenvalue weighted by Crippen LogP contribution is -2.43. The lowest BCUT2D eigenvalue weighted by Gasteiger charge is -2.31. The van der Waals surface area contributed by atoms with Crippen LogP contribution in [0.2, 0.25) is 0 Å². The Morgan fingerprint density at radius 3 is 2.90 bits per heavy atom. The van der Waals surface area contributed by atoms with Gasteiger partial charge >= 0.3 is 5.97 Å². The van der Waals surface area contributed by atoms with Crippen LogP contribution in [0.3, 0.4) is 0 Å². The summed E-state index contributed by atoms with van der Waals surface area (Å²) in [6.45, 7) is 5.81. The first-order valence-electron chi connectivity index (χ1n) is 10.1. The van der Waals surface area contributed by atoms with Crippen molar-refractivity contribution in [2.24, 2.45) is 5.92 Å². The number of hydrogen-bond acceptors (Lipinski definition) is 4. The summed E-state index contributed by atoms with van der Waals surface area (Å²) >= 11 is 0. The number of hydrogen-bond donors (Lipinski definition) is 0. The molecule has 0 spiro atoms. The van der Waals surface area contributed by atoms with E-state index in [4.69, 9.17) is 9.15 Å². The first kappa shape index (κ1) is 19.3. The third kappa shape index (κ3) is 3.92. The molecule has 6 heteroatoms. The van der Waals surface area contributed by atoms with E-state index >= 15 is 0 Å². The number of esters is 1. The van der Waals surface area contributed by atoms with Crippen molar-refractivity contribution in [3.63, 3.8) is 0 Å². The Hall–Kier alpha value is -3.02. The number of aryl methyl sites for hydroxylation is 1. The van der Waals surface area contributed by atoms with Gasteiger partial charge in [-0.25, -0.2) is 0 Å². The van der Waals surface area contributed by atoms with E-state index in [-0.39, 0.29) is 17.8 Å². The SMILES string of the molecule is CCOC(=O)C1CCCN(C(=O)c2cc3ccoc3n2Cc2cccc(C)c2)C1. The molecule has 6 nitrogen and oxygen atoms in total.